The minimum absolute atomic E-state index is 0.0963. The zero-order chi connectivity index (χ0) is 18.4. The summed E-state index contributed by atoms with van der Waals surface area (Å²) in [5.41, 5.74) is 2.43. The van der Waals surface area contributed by atoms with E-state index in [1.54, 1.807) is 0 Å². The number of benzene rings is 1. The molecule has 0 aliphatic rings. The van der Waals surface area contributed by atoms with Gasteiger partial charge in [-0.3, -0.25) is 0 Å². The van der Waals surface area contributed by atoms with Gasteiger partial charge >= 0.3 is 0 Å². The highest BCUT2D eigenvalue weighted by molar-refractivity contribution is 6.70. The minimum atomic E-state index is -1.60. The van der Waals surface area contributed by atoms with Crippen LogP contribution >= 0.6 is 0 Å². The van der Waals surface area contributed by atoms with Crippen LogP contribution in [0.4, 0.5) is 0 Å². The van der Waals surface area contributed by atoms with Gasteiger partial charge in [-0.1, -0.05) is 36.4 Å². The molecule has 1 aromatic carbocycles. The van der Waals surface area contributed by atoms with Crippen molar-refractivity contribution in [2.45, 2.75) is 64.3 Å². The van der Waals surface area contributed by atoms with Crippen LogP contribution in [0.25, 0.3) is 0 Å². The molecule has 1 rings (SSSR count). The van der Waals surface area contributed by atoms with Crippen molar-refractivity contribution in [3.8, 4) is 0 Å². The zero-order valence-corrected chi connectivity index (χ0v) is 18.3. The van der Waals surface area contributed by atoms with Crippen LogP contribution in [-0.2, 0) is 8.85 Å². The first-order valence-electron chi connectivity index (χ1n) is 8.73. The average Bonchev–Trinajstić information content (AvgIpc) is 2.44. The van der Waals surface area contributed by atoms with E-state index >= 15 is 0 Å². The van der Waals surface area contributed by atoms with Gasteiger partial charge in [-0.25, -0.2) is 0 Å². The van der Waals surface area contributed by atoms with Crippen molar-refractivity contribution in [3.63, 3.8) is 0 Å². The topological polar surface area (TPSA) is 18.5 Å². The normalized spacial score (nSPS) is 14.9. The molecule has 0 amide bonds. The molecule has 0 saturated heterocycles. The predicted octanol–water partition coefficient (Wildman–Crippen LogP) is 6.62. The number of rotatable bonds is 10. The first-order valence-corrected chi connectivity index (χ1v) is 15.5. The van der Waals surface area contributed by atoms with Crippen molar-refractivity contribution < 1.29 is 8.85 Å². The first-order chi connectivity index (χ1) is 11.1. The summed E-state index contributed by atoms with van der Waals surface area (Å²) in [5.74, 6) is 0. The average molecular weight is 363 g/mol. The largest absolute Gasteiger partial charge is 0.410 e. The summed E-state index contributed by atoms with van der Waals surface area (Å²) in [4.78, 5) is 0. The highest BCUT2D eigenvalue weighted by atomic mass is 28.4. The summed E-state index contributed by atoms with van der Waals surface area (Å²) in [7, 11) is -3.20. The quantitative estimate of drug-likeness (QED) is 0.344. The molecule has 0 saturated carbocycles. The van der Waals surface area contributed by atoms with Gasteiger partial charge in [-0.2, -0.15) is 0 Å². The van der Waals surface area contributed by atoms with Crippen molar-refractivity contribution in [2.75, 3.05) is 0 Å². The maximum Gasteiger partial charge on any atom is 0.184 e. The van der Waals surface area contributed by atoms with E-state index < -0.39 is 16.6 Å². The van der Waals surface area contributed by atoms with E-state index in [1.165, 1.54) is 11.1 Å². The second-order valence-electron chi connectivity index (χ2n) is 8.15. The third-order valence-electron chi connectivity index (χ3n) is 3.43. The first kappa shape index (κ1) is 21.1. The molecule has 1 aromatic rings. The third kappa shape index (κ3) is 7.75. The van der Waals surface area contributed by atoms with Crippen LogP contribution in [0.2, 0.25) is 39.3 Å². The van der Waals surface area contributed by atoms with Crippen LogP contribution in [0.3, 0.4) is 0 Å². The highest BCUT2D eigenvalue weighted by Crippen LogP contribution is 2.30. The molecule has 4 heteroatoms. The van der Waals surface area contributed by atoms with Gasteiger partial charge in [0.25, 0.3) is 0 Å². The lowest BCUT2D eigenvalue weighted by Crippen LogP contribution is -2.28. The van der Waals surface area contributed by atoms with E-state index in [1.807, 2.05) is 12.2 Å². The van der Waals surface area contributed by atoms with Gasteiger partial charge in [0.2, 0.25) is 0 Å². The molecule has 2 nitrogen and oxygen atoms in total. The second-order valence-corrected chi connectivity index (χ2v) is 17.1. The Morgan fingerprint density at radius 2 is 1.04 bits per heavy atom. The lowest BCUT2D eigenvalue weighted by molar-refractivity contribution is 0.197. The molecule has 0 aromatic heterocycles. The van der Waals surface area contributed by atoms with Crippen molar-refractivity contribution in [1.29, 1.82) is 0 Å². The van der Waals surface area contributed by atoms with E-state index in [0.29, 0.717) is 0 Å². The monoisotopic (exact) mass is 362 g/mol. The maximum absolute atomic E-state index is 6.32. The summed E-state index contributed by atoms with van der Waals surface area (Å²) in [6.45, 7) is 21.1. The van der Waals surface area contributed by atoms with Gasteiger partial charge < -0.3 is 8.85 Å². The van der Waals surface area contributed by atoms with Crippen LogP contribution in [0, 0.1) is 0 Å². The van der Waals surface area contributed by atoms with Gasteiger partial charge in [0, 0.05) is 0 Å². The fourth-order valence-electron chi connectivity index (χ4n) is 2.59. The SMILES string of the molecule is C=CCC(O[Si](C)(C)C)c1ccc(C(CC=C)O[Si](C)(C)C)cc1. The molecule has 0 bridgehead atoms. The van der Waals surface area contributed by atoms with Crippen molar-refractivity contribution >= 4 is 16.6 Å². The molecule has 0 radical (unpaired) electrons. The van der Waals surface area contributed by atoms with Gasteiger partial charge in [0.1, 0.15) is 0 Å². The Morgan fingerprint density at radius 1 is 0.750 bits per heavy atom. The molecule has 0 aliphatic heterocycles. The Bertz CT molecular complexity index is 475. The predicted molar refractivity (Wildman–Crippen MR) is 110 cm³/mol. The van der Waals surface area contributed by atoms with Crippen LogP contribution in [-0.4, -0.2) is 16.6 Å². The molecular formula is C20H34O2Si2. The maximum atomic E-state index is 6.32. The van der Waals surface area contributed by atoms with E-state index in [9.17, 15) is 0 Å². The summed E-state index contributed by atoms with van der Waals surface area (Å²) in [6.07, 6.45) is 5.75. The highest BCUT2D eigenvalue weighted by Gasteiger charge is 2.24. The van der Waals surface area contributed by atoms with E-state index in [4.69, 9.17) is 8.85 Å². The standard InChI is InChI=1S/C20H34O2Si2/c1-9-11-19(21-23(3,4)5)17-13-15-18(16-14-17)20(12-10-2)22-24(6,7)8/h9-10,13-16,19-20H,1-2,11-12H2,3-8H3. The minimum Gasteiger partial charge on any atom is -0.410 e. The van der Waals surface area contributed by atoms with Crippen molar-refractivity contribution in [2.24, 2.45) is 0 Å². The molecule has 0 spiro atoms. The molecule has 0 N–H and O–H groups in total. The Morgan fingerprint density at radius 3 is 1.25 bits per heavy atom. The van der Waals surface area contributed by atoms with E-state index in [2.05, 4.69) is 76.7 Å². The Balaban J connectivity index is 2.98. The lowest BCUT2D eigenvalue weighted by atomic mass is 10.0. The molecule has 0 fully saturated rings. The molecule has 134 valence electrons. The van der Waals surface area contributed by atoms with E-state index in [-0.39, 0.29) is 12.2 Å². The van der Waals surface area contributed by atoms with Gasteiger partial charge in [-0.15, -0.1) is 13.2 Å². The van der Waals surface area contributed by atoms with Gasteiger partial charge in [0.05, 0.1) is 12.2 Å². The van der Waals surface area contributed by atoms with Gasteiger partial charge in [0.15, 0.2) is 16.6 Å². The summed E-state index contributed by atoms with van der Waals surface area (Å²) in [6, 6.07) is 8.70. The Labute approximate surface area is 150 Å². The fourth-order valence-corrected chi connectivity index (χ4v) is 4.76. The van der Waals surface area contributed by atoms with Crippen LogP contribution in [0.15, 0.2) is 49.6 Å². The lowest BCUT2D eigenvalue weighted by Gasteiger charge is -2.28. The number of hydrogen-bond donors (Lipinski definition) is 0. The molecule has 2 unspecified atom stereocenters. The number of hydrogen-bond acceptors (Lipinski definition) is 2. The second kappa shape index (κ2) is 8.95. The Kier molecular flexibility index (Phi) is 7.87. The Hall–Kier alpha value is -0.946. The van der Waals surface area contributed by atoms with Crippen molar-refractivity contribution in [1.82, 2.24) is 0 Å². The van der Waals surface area contributed by atoms with Crippen LogP contribution in [0.1, 0.15) is 36.2 Å². The summed E-state index contributed by atoms with van der Waals surface area (Å²) < 4.78 is 12.6. The smallest absolute Gasteiger partial charge is 0.184 e. The molecule has 24 heavy (non-hydrogen) atoms. The molecule has 0 heterocycles. The summed E-state index contributed by atoms with van der Waals surface area (Å²) >= 11 is 0. The molecular weight excluding hydrogens is 328 g/mol. The molecule has 2 atom stereocenters. The summed E-state index contributed by atoms with van der Waals surface area (Å²) in [5, 5.41) is 0. The van der Waals surface area contributed by atoms with Gasteiger partial charge in [-0.05, 0) is 63.3 Å². The molecule has 0 aliphatic carbocycles. The third-order valence-corrected chi connectivity index (χ3v) is 5.42. The zero-order valence-electron chi connectivity index (χ0n) is 16.3. The van der Waals surface area contributed by atoms with Crippen LogP contribution in [0.5, 0.6) is 0 Å². The fraction of sp³-hybridized carbons (Fsp3) is 0.500. The van der Waals surface area contributed by atoms with E-state index in [0.717, 1.165) is 12.8 Å². The van der Waals surface area contributed by atoms with Crippen molar-refractivity contribution in [3.05, 3.63) is 60.7 Å². The van der Waals surface area contributed by atoms with Crippen LogP contribution < -0.4 is 0 Å².